The molecule has 2 heterocycles. The minimum absolute atomic E-state index is 0.0596. The second-order valence-electron chi connectivity index (χ2n) is 6.48. The fourth-order valence-electron chi connectivity index (χ4n) is 3.69. The molecule has 7 nitrogen and oxygen atoms in total. The maximum Gasteiger partial charge on any atom is 0.453 e. The maximum absolute atomic E-state index is 13.2. The third kappa shape index (κ3) is 2.79. The zero-order chi connectivity index (χ0) is 20.1. The molecule has 0 bridgehead atoms. The molecule has 4 rings (SSSR count). The molecule has 1 aromatic carbocycles. The predicted molar refractivity (Wildman–Crippen MR) is 92.2 cm³/mol. The molecule has 0 saturated carbocycles. The summed E-state index contributed by atoms with van der Waals surface area (Å²) in [6, 6.07) is 4.15. The van der Waals surface area contributed by atoms with Crippen LogP contribution in [-0.4, -0.2) is 34.8 Å². The number of benzene rings is 1. The fraction of sp³-hybridized carbons (Fsp3) is 0.389. The molecule has 1 atom stereocenters. The van der Waals surface area contributed by atoms with Gasteiger partial charge in [-0.2, -0.15) is 18.2 Å². The average molecular weight is 394 g/mol. The van der Waals surface area contributed by atoms with Crippen molar-refractivity contribution >= 4 is 11.7 Å². The summed E-state index contributed by atoms with van der Waals surface area (Å²) in [5.41, 5.74) is 1.43. The topological polar surface area (TPSA) is 78.3 Å². The molecule has 0 spiro atoms. The lowest BCUT2D eigenvalue weighted by atomic mass is 9.85. The quantitative estimate of drug-likeness (QED) is 0.861. The molecule has 0 saturated heterocycles. The molecule has 10 heteroatoms. The lowest BCUT2D eigenvalue weighted by Gasteiger charge is -2.32. The Morgan fingerprint density at radius 3 is 2.68 bits per heavy atom. The lowest BCUT2D eigenvalue weighted by molar-refractivity contribution is -0.145. The molecule has 1 aliphatic carbocycles. The first-order valence-electron chi connectivity index (χ1n) is 8.63. The normalized spacial score (nSPS) is 19.0. The van der Waals surface area contributed by atoms with Crippen LogP contribution in [0, 0.1) is 0 Å². The highest BCUT2D eigenvalue weighted by atomic mass is 19.4. The largest absolute Gasteiger partial charge is 0.493 e. The summed E-state index contributed by atoms with van der Waals surface area (Å²) in [7, 11) is 2.90. The number of rotatable bonds is 3. The number of nitrogens with one attached hydrogen (secondary N) is 1. The molecule has 2 aromatic rings. The number of hydrogen-bond acceptors (Lipinski definition) is 6. The monoisotopic (exact) mass is 394 g/mol. The van der Waals surface area contributed by atoms with Crippen molar-refractivity contribution in [3.8, 4) is 11.5 Å². The van der Waals surface area contributed by atoms with Gasteiger partial charge in [0, 0.05) is 23.3 Å². The Kier molecular flexibility index (Phi) is 4.28. The number of allylic oxidation sites excluding steroid dienone is 2. The molecule has 0 fully saturated rings. The first-order chi connectivity index (χ1) is 13.3. The van der Waals surface area contributed by atoms with E-state index in [-0.39, 0.29) is 11.7 Å². The smallest absolute Gasteiger partial charge is 0.453 e. The number of ether oxygens (including phenoxy) is 2. The zero-order valence-electron chi connectivity index (χ0n) is 15.1. The number of anilines is 1. The number of carbonyl (C=O) groups is 1. The highest BCUT2D eigenvalue weighted by Crippen LogP contribution is 2.45. The van der Waals surface area contributed by atoms with Gasteiger partial charge < -0.3 is 14.8 Å². The van der Waals surface area contributed by atoms with Gasteiger partial charge in [0.15, 0.2) is 17.3 Å². The number of fused-ring (bicyclic) bond motifs is 1. The summed E-state index contributed by atoms with van der Waals surface area (Å²) in [5.74, 6) is -0.734. The SMILES string of the molecule is COc1cccc([C@@H]2C3=C(CCCC3=O)Nc3nc(C(F)(F)F)nn32)c1OC. The van der Waals surface area contributed by atoms with Gasteiger partial charge in [0.1, 0.15) is 6.04 Å². The van der Waals surface area contributed by atoms with Crippen molar-refractivity contribution in [2.24, 2.45) is 0 Å². The summed E-state index contributed by atoms with van der Waals surface area (Å²) in [6.07, 6.45) is -3.23. The van der Waals surface area contributed by atoms with Gasteiger partial charge in [-0.25, -0.2) is 4.68 Å². The van der Waals surface area contributed by atoms with Gasteiger partial charge in [0.2, 0.25) is 5.95 Å². The van der Waals surface area contributed by atoms with Crippen LogP contribution in [0.25, 0.3) is 0 Å². The first-order valence-corrected chi connectivity index (χ1v) is 8.63. The summed E-state index contributed by atoms with van der Waals surface area (Å²) < 4.78 is 51.5. The van der Waals surface area contributed by atoms with Crippen LogP contribution < -0.4 is 14.8 Å². The minimum Gasteiger partial charge on any atom is -0.493 e. The second kappa shape index (κ2) is 6.54. The maximum atomic E-state index is 13.2. The van der Waals surface area contributed by atoms with Crippen molar-refractivity contribution in [1.82, 2.24) is 14.8 Å². The van der Waals surface area contributed by atoms with Crippen LogP contribution in [0.3, 0.4) is 0 Å². The van der Waals surface area contributed by atoms with E-state index >= 15 is 0 Å². The third-order valence-electron chi connectivity index (χ3n) is 4.85. The summed E-state index contributed by atoms with van der Waals surface area (Å²) in [4.78, 5) is 16.3. The summed E-state index contributed by atoms with van der Waals surface area (Å²) >= 11 is 0. The van der Waals surface area contributed by atoms with E-state index in [0.29, 0.717) is 47.6 Å². The van der Waals surface area contributed by atoms with Gasteiger partial charge in [-0.1, -0.05) is 12.1 Å². The van der Waals surface area contributed by atoms with Crippen molar-refractivity contribution in [3.63, 3.8) is 0 Å². The van der Waals surface area contributed by atoms with Crippen LogP contribution in [0.4, 0.5) is 19.1 Å². The number of ketones is 1. The fourth-order valence-corrected chi connectivity index (χ4v) is 3.69. The van der Waals surface area contributed by atoms with Crippen molar-refractivity contribution in [2.75, 3.05) is 19.5 Å². The van der Waals surface area contributed by atoms with Gasteiger partial charge in [-0.15, -0.1) is 5.10 Å². The Hall–Kier alpha value is -3.04. The molecule has 148 valence electrons. The van der Waals surface area contributed by atoms with Gasteiger partial charge in [-0.3, -0.25) is 4.79 Å². The van der Waals surface area contributed by atoms with Crippen LogP contribution in [-0.2, 0) is 11.0 Å². The van der Waals surface area contributed by atoms with Gasteiger partial charge in [0.05, 0.1) is 14.2 Å². The number of Topliss-reactive ketones (excluding diaryl/α,β-unsaturated/α-hetero) is 1. The number of para-hydroxylation sites is 1. The molecule has 28 heavy (non-hydrogen) atoms. The molecule has 0 radical (unpaired) electrons. The van der Waals surface area contributed by atoms with E-state index in [2.05, 4.69) is 15.4 Å². The lowest BCUT2D eigenvalue weighted by Crippen LogP contribution is -2.31. The Balaban J connectivity index is 1.97. The van der Waals surface area contributed by atoms with Crippen molar-refractivity contribution < 1.29 is 27.4 Å². The zero-order valence-corrected chi connectivity index (χ0v) is 15.1. The minimum atomic E-state index is -4.71. The number of aromatic nitrogens is 3. The van der Waals surface area contributed by atoms with E-state index in [9.17, 15) is 18.0 Å². The van der Waals surface area contributed by atoms with Gasteiger partial charge >= 0.3 is 6.18 Å². The van der Waals surface area contributed by atoms with Crippen molar-refractivity contribution in [2.45, 2.75) is 31.5 Å². The van der Waals surface area contributed by atoms with Crippen LogP contribution in [0.1, 0.15) is 36.7 Å². The Morgan fingerprint density at radius 2 is 2.00 bits per heavy atom. The highest BCUT2D eigenvalue weighted by molar-refractivity contribution is 5.99. The predicted octanol–water partition coefficient (Wildman–Crippen LogP) is 3.34. The van der Waals surface area contributed by atoms with E-state index in [1.54, 1.807) is 18.2 Å². The molecule has 2 aliphatic rings. The first kappa shape index (κ1) is 18.3. The molecule has 1 aliphatic heterocycles. The van der Waals surface area contributed by atoms with Crippen molar-refractivity contribution in [1.29, 1.82) is 0 Å². The van der Waals surface area contributed by atoms with E-state index in [1.165, 1.54) is 14.2 Å². The van der Waals surface area contributed by atoms with Crippen molar-refractivity contribution in [3.05, 3.63) is 40.9 Å². The number of alkyl halides is 3. The Labute approximate surface area is 158 Å². The molecule has 0 unspecified atom stereocenters. The summed E-state index contributed by atoms with van der Waals surface area (Å²) in [5, 5.41) is 6.54. The number of methoxy groups -OCH3 is 2. The van der Waals surface area contributed by atoms with E-state index in [1.807, 2.05) is 0 Å². The Morgan fingerprint density at radius 1 is 1.21 bits per heavy atom. The molecule has 0 amide bonds. The second-order valence-corrected chi connectivity index (χ2v) is 6.48. The van der Waals surface area contributed by atoms with Crippen LogP contribution in [0.15, 0.2) is 29.5 Å². The highest BCUT2D eigenvalue weighted by Gasteiger charge is 2.43. The van der Waals surface area contributed by atoms with E-state index < -0.39 is 18.0 Å². The summed E-state index contributed by atoms with van der Waals surface area (Å²) in [6.45, 7) is 0. The molecular weight excluding hydrogens is 377 g/mol. The number of nitrogens with zero attached hydrogens (tertiary/aromatic N) is 3. The van der Waals surface area contributed by atoms with Gasteiger partial charge in [0.25, 0.3) is 5.82 Å². The Bertz CT molecular complexity index is 981. The van der Waals surface area contributed by atoms with Crippen LogP contribution in [0.2, 0.25) is 0 Å². The molecular formula is C18H17F3N4O3. The third-order valence-corrected chi connectivity index (χ3v) is 4.85. The number of hydrogen-bond donors (Lipinski definition) is 1. The molecule has 1 aromatic heterocycles. The number of carbonyl (C=O) groups excluding carboxylic acids is 1. The standard InChI is InChI=1S/C18H17F3N4O3/c1-27-12-8-3-5-9(15(12)28-2)14-13-10(6-4-7-11(13)26)22-17-23-16(18(19,20)21)24-25(14)17/h3,5,8,14H,4,6-7H2,1-2H3,(H,22,23,24)/t14-/m1/s1. The van der Waals surface area contributed by atoms with Crippen LogP contribution >= 0.6 is 0 Å². The molecule has 1 N–H and O–H groups in total. The average Bonchev–Trinajstić information content (AvgIpc) is 3.10. The van der Waals surface area contributed by atoms with Crippen LogP contribution in [0.5, 0.6) is 11.5 Å². The van der Waals surface area contributed by atoms with E-state index in [4.69, 9.17) is 9.47 Å². The van der Waals surface area contributed by atoms with Gasteiger partial charge in [-0.05, 0) is 18.9 Å². The number of halogens is 3. The van der Waals surface area contributed by atoms with E-state index in [0.717, 1.165) is 4.68 Å².